The Labute approximate surface area is 100 Å². The van der Waals surface area contributed by atoms with Crippen LogP contribution in [0.1, 0.15) is 24.8 Å². The number of halogens is 1. The van der Waals surface area contributed by atoms with Crippen molar-refractivity contribution in [2.75, 3.05) is 6.61 Å². The average Bonchev–Trinajstić information content (AvgIpc) is 2.96. The molecule has 0 unspecified atom stereocenters. The van der Waals surface area contributed by atoms with Gasteiger partial charge >= 0.3 is 0 Å². The number of aryl methyl sites for hydroxylation is 1. The Kier molecular flexibility index (Phi) is 3.05. The van der Waals surface area contributed by atoms with E-state index < -0.39 is 0 Å². The molecule has 0 bridgehead atoms. The van der Waals surface area contributed by atoms with Crippen LogP contribution in [0.2, 0.25) is 0 Å². The smallest absolute Gasteiger partial charge is 0.123 e. The number of benzene rings is 1. The zero-order valence-corrected chi connectivity index (χ0v) is 9.92. The molecule has 1 aliphatic rings. The highest BCUT2D eigenvalue weighted by Gasteiger charge is 2.44. The molecule has 1 aliphatic carbocycles. The lowest BCUT2D eigenvalue weighted by Gasteiger charge is -2.16. The molecular weight excluding hydrogens is 219 g/mol. The molecule has 0 radical (unpaired) electrons. The van der Waals surface area contributed by atoms with Crippen LogP contribution in [-0.4, -0.2) is 12.4 Å². The van der Waals surface area contributed by atoms with Crippen molar-refractivity contribution in [3.8, 4) is 5.75 Å². The molecule has 2 rings (SSSR count). The first-order valence-corrected chi connectivity index (χ1v) is 5.73. The molecule has 1 aromatic carbocycles. The zero-order chi connectivity index (χ0) is 12.5. The Morgan fingerprint density at radius 2 is 2.24 bits per heavy atom. The quantitative estimate of drug-likeness (QED) is 0.610. The molecule has 0 spiro atoms. The standard InChI is InChI=1S/C13H17FN2O/c1-9-6-10(14)2-3-11(9)17-8-13(4-5-13)7-12(15)16/h2-3,6H,4-5,7-8H2,1H3,(H3,15,16). The summed E-state index contributed by atoms with van der Waals surface area (Å²) in [5.41, 5.74) is 6.26. The van der Waals surface area contributed by atoms with Gasteiger partial charge in [0, 0.05) is 11.8 Å². The number of amidine groups is 1. The Morgan fingerprint density at radius 3 is 2.76 bits per heavy atom. The minimum atomic E-state index is -0.250. The number of nitrogens with one attached hydrogen (secondary N) is 1. The van der Waals surface area contributed by atoms with Crippen LogP contribution in [0, 0.1) is 23.6 Å². The topological polar surface area (TPSA) is 59.1 Å². The normalized spacial score (nSPS) is 16.6. The molecule has 92 valence electrons. The van der Waals surface area contributed by atoms with Crippen LogP contribution in [0.25, 0.3) is 0 Å². The summed E-state index contributed by atoms with van der Waals surface area (Å²) >= 11 is 0. The summed E-state index contributed by atoms with van der Waals surface area (Å²) in [6.07, 6.45) is 2.69. The van der Waals surface area contributed by atoms with Gasteiger partial charge in [0.2, 0.25) is 0 Å². The van der Waals surface area contributed by atoms with Gasteiger partial charge in [0.1, 0.15) is 11.6 Å². The molecule has 3 N–H and O–H groups in total. The van der Waals surface area contributed by atoms with Crippen molar-refractivity contribution in [1.82, 2.24) is 0 Å². The number of nitrogens with two attached hydrogens (primary N) is 1. The molecule has 0 aliphatic heterocycles. The van der Waals surface area contributed by atoms with Crippen molar-refractivity contribution in [2.24, 2.45) is 11.1 Å². The predicted octanol–water partition coefficient (Wildman–Crippen LogP) is 2.62. The van der Waals surface area contributed by atoms with E-state index in [0.29, 0.717) is 18.8 Å². The summed E-state index contributed by atoms with van der Waals surface area (Å²) in [5.74, 6) is 0.669. The molecule has 1 saturated carbocycles. The van der Waals surface area contributed by atoms with Crippen molar-refractivity contribution in [3.63, 3.8) is 0 Å². The molecular formula is C13H17FN2O. The van der Waals surface area contributed by atoms with Crippen molar-refractivity contribution in [2.45, 2.75) is 26.2 Å². The van der Waals surface area contributed by atoms with Crippen molar-refractivity contribution < 1.29 is 9.13 Å². The van der Waals surface area contributed by atoms with Crippen LogP contribution < -0.4 is 10.5 Å². The minimum Gasteiger partial charge on any atom is -0.493 e. The maximum absolute atomic E-state index is 12.9. The SMILES string of the molecule is Cc1cc(F)ccc1OCC1(CC(=N)N)CC1. The van der Waals surface area contributed by atoms with Gasteiger partial charge in [-0.3, -0.25) is 5.41 Å². The van der Waals surface area contributed by atoms with Crippen molar-refractivity contribution >= 4 is 5.84 Å². The summed E-state index contributed by atoms with van der Waals surface area (Å²) in [4.78, 5) is 0. The van der Waals surface area contributed by atoms with Crippen LogP contribution in [0.4, 0.5) is 4.39 Å². The van der Waals surface area contributed by atoms with Gasteiger partial charge in [-0.25, -0.2) is 4.39 Å². The second kappa shape index (κ2) is 4.35. The van der Waals surface area contributed by atoms with Gasteiger partial charge in [0.15, 0.2) is 0 Å². The van der Waals surface area contributed by atoms with Crippen molar-refractivity contribution in [3.05, 3.63) is 29.6 Å². The number of hydrogen-bond acceptors (Lipinski definition) is 2. The summed E-state index contributed by atoms with van der Waals surface area (Å²) in [5, 5.41) is 7.32. The lowest BCUT2D eigenvalue weighted by molar-refractivity contribution is 0.237. The fraction of sp³-hybridized carbons (Fsp3) is 0.462. The van der Waals surface area contributed by atoms with Gasteiger partial charge in [0.05, 0.1) is 12.4 Å². The Hall–Kier alpha value is -1.58. The predicted molar refractivity (Wildman–Crippen MR) is 64.8 cm³/mol. The summed E-state index contributed by atoms with van der Waals surface area (Å²) in [6, 6.07) is 4.50. The van der Waals surface area contributed by atoms with E-state index in [2.05, 4.69) is 0 Å². The third-order valence-corrected chi connectivity index (χ3v) is 3.19. The van der Waals surface area contributed by atoms with E-state index in [1.54, 1.807) is 6.07 Å². The van der Waals surface area contributed by atoms with Crippen molar-refractivity contribution in [1.29, 1.82) is 5.41 Å². The zero-order valence-electron chi connectivity index (χ0n) is 9.92. The van der Waals surface area contributed by atoms with Crippen LogP contribution >= 0.6 is 0 Å². The molecule has 4 heteroatoms. The Bertz CT molecular complexity index is 441. The highest BCUT2D eigenvalue weighted by Crippen LogP contribution is 2.48. The van der Waals surface area contributed by atoms with E-state index in [1.165, 1.54) is 12.1 Å². The van der Waals surface area contributed by atoms with E-state index in [-0.39, 0.29) is 17.1 Å². The monoisotopic (exact) mass is 236 g/mol. The van der Waals surface area contributed by atoms with E-state index in [9.17, 15) is 4.39 Å². The van der Waals surface area contributed by atoms with E-state index in [4.69, 9.17) is 15.9 Å². The number of hydrogen-bond donors (Lipinski definition) is 2. The fourth-order valence-corrected chi connectivity index (χ4v) is 1.96. The third-order valence-electron chi connectivity index (χ3n) is 3.19. The molecule has 0 aromatic heterocycles. The molecule has 0 atom stereocenters. The van der Waals surface area contributed by atoms with Gasteiger partial charge < -0.3 is 10.5 Å². The summed E-state index contributed by atoms with van der Waals surface area (Å²) in [7, 11) is 0. The van der Waals surface area contributed by atoms with E-state index in [1.807, 2.05) is 6.92 Å². The number of rotatable bonds is 5. The van der Waals surface area contributed by atoms with Gasteiger partial charge in [-0.1, -0.05) is 0 Å². The lowest BCUT2D eigenvalue weighted by Crippen LogP contribution is -2.21. The molecule has 1 aromatic rings. The summed E-state index contributed by atoms with van der Waals surface area (Å²) in [6.45, 7) is 2.38. The number of ether oxygens (including phenoxy) is 1. The van der Waals surface area contributed by atoms with Crippen LogP contribution in [0.5, 0.6) is 5.75 Å². The second-order valence-electron chi connectivity index (χ2n) is 4.90. The second-order valence-corrected chi connectivity index (χ2v) is 4.90. The molecule has 3 nitrogen and oxygen atoms in total. The van der Waals surface area contributed by atoms with Gasteiger partial charge in [-0.05, 0) is 43.5 Å². The highest BCUT2D eigenvalue weighted by atomic mass is 19.1. The van der Waals surface area contributed by atoms with E-state index >= 15 is 0 Å². The lowest BCUT2D eigenvalue weighted by atomic mass is 10.0. The maximum Gasteiger partial charge on any atom is 0.123 e. The molecule has 17 heavy (non-hydrogen) atoms. The molecule has 1 fully saturated rings. The first-order chi connectivity index (χ1) is 8.01. The molecule has 0 heterocycles. The first kappa shape index (κ1) is 11.9. The average molecular weight is 236 g/mol. The Morgan fingerprint density at radius 1 is 1.53 bits per heavy atom. The molecule has 0 amide bonds. The highest BCUT2D eigenvalue weighted by molar-refractivity contribution is 5.78. The minimum absolute atomic E-state index is 0.0483. The van der Waals surface area contributed by atoms with Crippen LogP contribution in [0.3, 0.4) is 0 Å². The van der Waals surface area contributed by atoms with Gasteiger partial charge in [-0.15, -0.1) is 0 Å². The van der Waals surface area contributed by atoms with Crippen LogP contribution in [0.15, 0.2) is 18.2 Å². The largest absolute Gasteiger partial charge is 0.493 e. The summed E-state index contributed by atoms with van der Waals surface area (Å²) < 4.78 is 18.6. The molecule has 0 saturated heterocycles. The van der Waals surface area contributed by atoms with E-state index in [0.717, 1.165) is 18.4 Å². The fourth-order valence-electron chi connectivity index (χ4n) is 1.96. The Balaban J connectivity index is 1.96. The van der Waals surface area contributed by atoms with Gasteiger partial charge in [-0.2, -0.15) is 0 Å². The maximum atomic E-state index is 12.9. The van der Waals surface area contributed by atoms with Crippen LogP contribution in [-0.2, 0) is 0 Å². The first-order valence-electron chi connectivity index (χ1n) is 5.73. The van der Waals surface area contributed by atoms with Gasteiger partial charge in [0.25, 0.3) is 0 Å². The third kappa shape index (κ3) is 2.96.